The molecule has 0 rings (SSSR count). The lowest BCUT2D eigenvalue weighted by atomic mass is 10.0. The number of hydrogen-bond donors (Lipinski definition) is 1. The maximum absolute atomic E-state index is 13.5. The highest BCUT2D eigenvalue weighted by Crippen LogP contribution is 2.38. The van der Waals surface area contributed by atoms with Crippen molar-refractivity contribution in [2.75, 3.05) is 40.9 Å². The minimum atomic E-state index is -4.69. The van der Waals surface area contributed by atoms with E-state index in [4.69, 9.17) is 13.8 Å². The molecule has 0 saturated carbocycles. The standard InChI is InChI=1S/C57H111N2O7P/c1-7-10-13-16-19-22-25-27-29-30-31-34-37-40-43-46-49-56(60)58-54(53-65-67(62,63)64-52-51-59(4,5)6)55(48-45-42-39-36-33-24-21-18-15-12-9-3)66-57(61)50-47-44-41-38-35-32-28-26-23-20-17-14-11-8-2/h32,35,45,48,54-55H,7-31,33-34,36-44,46-47,49-53H2,1-6H3,(H-,58,60,62,63)/b35-32-,48-45+. The number of quaternary nitrogens is 1. The van der Waals surface area contributed by atoms with Gasteiger partial charge in [0.05, 0.1) is 33.8 Å². The summed E-state index contributed by atoms with van der Waals surface area (Å²) in [6, 6.07) is -0.886. The van der Waals surface area contributed by atoms with Crippen LogP contribution in [0.1, 0.15) is 278 Å². The van der Waals surface area contributed by atoms with Crippen molar-refractivity contribution < 1.29 is 37.3 Å². The van der Waals surface area contributed by atoms with Gasteiger partial charge in [-0.1, -0.05) is 232 Å². The summed E-state index contributed by atoms with van der Waals surface area (Å²) in [5.74, 6) is -0.548. The molecule has 396 valence electrons. The monoisotopic (exact) mass is 967 g/mol. The zero-order valence-corrected chi connectivity index (χ0v) is 46.0. The molecule has 0 aromatic heterocycles. The fraction of sp³-hybridized carbons (Fsp3) is 0.895. The van der Waals surface area contributed by atoms with Gasteiger partial charge in [0.2, 0.25) is 5.91 Å². The first-order valence-corrected chi connectivity index (χ1v) is 30.1. The topological polar surface area (TPSA) is 114 Å². The van der Waals surface area contributed by atoms with Crippen LogP contribution in [0.3, 0.4) is 0 Å². The minimum Gasteiger partial charge on any atom is -0.756 e. The van der Waals surface area contributed by atoms with Gasteiger partial charge in [-0.25, -0.2) is 0 Å². The van der Waals surface area contributed by atoms with Crippen molar-refractivity contribution in [2.45, 2.75) is 290 Å². The van der Waals surface area contributed by atoms with Gasteiger partial charge in [-0.3, -0.25) is 14.2 Å². The third-order valence-corrected chi connectivity index (χ3v) is 13.8. The van der Waals surface area contributed by atoms with Crippen molar-refractivity contribution in [1.82, 2.24) is 5.32 Å². The Bertz CT molecular complexity index is 1210. The van der Waals surface area contributed by atoms with E-state index in [1.807, 2.05) is 33.3 Å². The van der Waals surface area contributed by atoms with E-state index in [2.05, 4.69) is 38.2 Å². The number of esters is 1. The van der Waals surface area contributed by atoms with Crippen molar-refractivity contribution >= 4 is 19.7 Å². The summed E-state index contributed by atoms with van der Waals surface area (Å²) in [5, 5.41) is 3.02. The molecule has 0 spiro atoms. The Kier molecular flexibility index (Phi) is 47.0. The third-order valence-electron chi connectivity index (χ3n) is 12.9. The Morgan fingerprint density at radius 1 is 0.507 bits per heavy atom. The summed E-state index contributed by atoms with van der Waals surface area (Å²) in [7, 11) is 1.19. The number of likely N-dealkylation sites (N-methyl/N-ethyl adjacent to an activating group) is 1. The Labute approximate surface area is 415 Å². The van der Waals surface area contributed by atoms with E-state index < -0.39 is 20.0 Å². The molecule has 9 nitrogen and oxygen atoms in total. The summed E-state index contributed by atoms with van der Waals surface area (Å²) in [6.45, 7) is 6.84. The number of allylic oxidation sites excluding steroid dienone is 3. The van der Waals surface area contributed by atoms with Crippen molar-refractivity contribution in [1.29, 1.82) is 0 Å². The molecular formula is C57H111N2O7P. The van der Waals surface area contributed by atoms with Gasteiger partial charge >= 0.3 is 5.97 Å². The van der Waals surface area contributed by atoms with Crippen LogP contribution in [0.2, 0.25) is 0 Å². The molecule has 0 bridgehead atoms. The van der Waals surface area contributed by atoms with Gasteiger partial charge in [-0.05, 0) is 57.4 Å². The second-order valence-corrected chi connectivity index (χ2v) is 22.2. The van der Waals surface area contributed by atoms with Crippen LogP contribution in [-0.4, -0.2) is 69.4 Å². The van der Waals surface area contributed by atoms with Gasteiger partial charge in [0.25, 0.3) is 7.82 Å². The highest BCUT2D eigenvalue weighted by atomic mass is 31.2. The number of phosphoric ester groups is 1. The van der Waals surface area contributed by atoms with E-state index in [0.29, 0.717) is 23.9 Å². The minimum absolute atomic E-state index is 0.0212. The number of nitrogens with zero attached hydrogens (tertiary/aromatic N) is 1. The SMILES string of the molecule is CCCCCCCCC/C=C\CCCCCC(=O)OC(/C=C/CCCCCCCCCCC)C(COP(=O)([O-])OCC[N+](C)(C)C)NC(=O)CCCCCCCCCCCCCCCCCC. The zero-order valence-electron chi connectivity index (χ0n) is 45.1. The number of hydrogen-bond acceptors (Lipinski definition) is 7. The number of carbonyl (C=O) groups excluding carboxylic acids is 2. The van der Waals surface area contributed by atoms with Gasteiger partial charge in [-0.15, -0.1) is 0 Å². The molecule has 67 heavy (non-hydrogen) atoms. The van der Waals surface area contributed by atoms with E-state index in [0.717, 1.165) is 64.2 Å². The van der Waals surface area contributed by atoms with Gasteiger partial charge in [0.15, 0.2) is 0 Å². The van der Waals surface area contributed by atoms with Crippen LogP contribution in [0, 0.1) is 0 Å². The predicted octanol–water partition coefficient (Wildman–Crippen LogP) is 16.4. The highest BCUT2D eigenvalue weighted by Gasteiger charge is 2.27. The maximum Gasteiger partial charge on any atom is 0.306 e. The Morgan fingerprint density at radius 3 is 1.28 bits per heavy atom. The Hall–Kier alpha value is -1.51. The van der Waals surface area contributed by atoms with Crippen molar-refractivity contribution in [2.24, 2.45) is 0 Å². The van der Waals surface area contributed by atoms with E-state index >= 15 is 0 Å². The number of ether oxygens (including phenoxy) is 1. The van der Waals surface area contributed by atoms with Gasteiger partial charge in [0, 0.05) is 12.8 Å². The predicted molar refractivity (Wildman–Crippen MR) is 284 cm³/mol. The van der Waals surface area contributed by atoms with Crippen LogP contribution in [0.4, 0.5) is 0 Å². The zero-order chi connectivity index (χ0) is 49.4. The number of unbranched alkanes of at least 4 members (excludes halogenated alkanes) is 34. The molecule has 3 unspecified atom stereocenters. The fourth-order valence-electron chi connectivity index (χ4n) is 8.40. The summed E-state index contributed by atoms with van der Waals surface area (Å²) in [5.41, 5.74) is 0. The smallest absolute Gasteiger partial charge is 0.306 e. The molecule has 0 aliphatic rings. The largest absolute Gasteiger partial charge is 0.756 e. The average Bonchev–Trinajstić information content (AvgIpc) is 3.28. The average molecular weight is 967 g/mol. The molecule has 0 saturated heterocycles. The van der Waals surface area contributed by atoms with Gasteiger partial charge in [0.1, 0.15) is 19.3 Å². The number of nitrogens with one attached hydrogen (secondary N) is 1. The van der Waals surface area contributed by atoms with Crippen LogP contribution in [-0.2, 0) is 27.9 Å². The molecule has 1 amide bonds. The van der Waals surface area contributed by atoms with E-state index in [-0.39, 0.29) is 31.5 Å². The molecule has 0 heterocycles. The van der Waals surface area contributed by atoms with E-state index in [1.165, 1.54) is 173 Å². The van der Waals surface area contributed by atoms with Crippen LogP contribution >= 0.6 is 7.82 Å². The second kappa shape index (κ2) is 48.1. The van der Waals surface area contributed by atoms with Crippen molar-refractivity contribution in [3.05, 3.63) is 24.3 Å². The number of amides is 1. The third kappa shape index (κ3) is 49.3. The lowest BCUT2D eigenvalue weighted by Gasteiger charge is -2.30. The van der Waals surface area contributed by atoms with Gasteiger partial charge in [-0.2, -0.15) is 0 Å². The molecule has 3 atom stereocenters. The first-order valence-electron chi connectivity index (χ1n) is 28.6. The maximum atomic E-state index is 13.5. The molecule has 0 aliphatic heterocycles. The molecule has 0 radical (unpaired) electrons. The summed E-state index contributed by atoms with van der Waals surface area (Å²) in [6.07, 6.45) is 54.2. The molecule has 1 N–H and O–H groups in total. The molecule has 0 aromatic carbocycles. The van der Waals surface area contributed by atoms with Crippen LogP contribution in [0.15, 0.2) is 24.3 Å². The number of rotatable bonds is 52. The fourth-order valence-corrected chi connectivity index (χ4v) is 9.12. The van der Waals surface area contributed by atoms with Gasteiger partial charge < -0.3 is 28.5 Å². The first kappa shape index (κ1) is 65.5. The number of carbonyl (C=O) groups is 2. The van der Waals surface area contributed by atoms with Crippen LogP contribution < -0.4 is 10.2 Å². The normalized spacial score (nSPS) is 14.0. The molecule has 10 heteroatoms. The summed E-state index contributed by atoms with van der Waals surface area (Å²) < 4.78 is 30.2. The quantitative estimate of drug-likeness (QED) is 0.0212. The highest BCUT2D eigenvalue weighted by molar-refractivity contribution is 7.45. The number of phosphoric acid groups is 1. The summed E-state index contributed by atoms with van der Waals surface area (Å²) >= 11 is 0. The van der Waals surface area contributed by atoms with Crippen LogP contribution in [0.25, 0.3) is 0 Å². The van der Waals surface area contributed by atoms with Crippen molar-refractivity contribution in [3.63, 3.8) is 0 Å². The van der Waals surface area contributed by atoms with Crippen molar-refractivity contribution in [3.8, 4) is 0 Å². The molecule has 0 fully saturated rings. The lowest BCUT2D eigenvalue weighted by molar-refractivity contribution is -0.870. The Balaban J connectivity index is 5.32. The van der Waals surface area contributed by atoms with E-state index in [1.54, 1.807) is 0 Å². The molecule has 0 aliphatic carbocycles. The lowest BCUT2D eigenvalue weighted by Crippen LogP contribution is -2.47. The Morgan fingerprint density at radius 2 is 0.866 bits per heavy atom. The molecular weight excluding hydrogens is 856 g/mol. The first-order chi connectivity index (χ1) is 32.4. The molecule has 0 aromatic rings. The summed E-state index contributed by atoms with van der Waals surface area (Å²) in [4.78, 5) is 39.8. The second-order valence-electron chi connectivity index (χ2n) is 20.8. The van der Waals surface area contributed by atoms with E-state index in [9.17, 15) is 19.0 Å². The van der Waals surface area contributed by atoms with Crippen LogP contribution in [0.5, 0.6) is 0 Å².